The summed E-state index contributed by atoms with van der Waals surface area (Å²) in [7, 11) is 0. The fourth-order valence-electron chi connectivity index (χ4n) is 1.72. The number of aryl methyl sites for hydroxylation is 1. The van der Waals surface area contributed by atoms with Crippen LogP contribution in [-0.2, 0) is 6.54 Å². The van der Waals surface area contributed by atoms with Crippen molar-refractivity contribution in [1.82, 2.24) is 20.1 Å². The Hall–Kier alpha value is -2.90. The van der Waals surface area contributed by atoms with E-state index in [0.29, 0.717) is 13.1 Å². The number of carboxylic acid groups (broad SMARTS) is 1. The lowest BCUT2D eigenvalue weighted by Gasteiger charge is -2.09. The van der Waals surface area contributed by atoms with Crippen molar-refractivity contribution in [1.29, 1.82) is 0 Å². The minimum atomic E-state index is -1.20. The summed E-state index contributed by atoms with van der Waals surface area (Å²) in [5.74, 6) is -1.20. The number of carbonyl (C=O) groups is 2. The lowest BCUT2D eigenvalue weighted by molar-refractivity contribution is 0.0691. The van der Waals surface area contributed by atoms with Crippen molar-refractivity contribution >= 4 is 17.7 Å². The van der Waals surface area contributed by atoms with E-state index >= 15 is 0 Å². The van der Waals surface area contributed by atoms with Gasteiger partial charge in [0.05, 0.1) is 18.4 Å². The summed E-state index contributed by atoms with van der Waals surface area (Å²) in [6.07, 6.45) is 4.95. The van der Waals surface area contributed by atoms with Crippen LogP contribution in [-0.4, -0.2) is 38.4 Å². The SMILES string of the molecule is Cc1cnn(CCNC(=O)Nc2cccnc2C(=O)O)c1. The topological polar surface area (TPSA) is 109 Å². The molecule has 0 aliphatic carbocycles. The van der Waals surface area contributed by atoms with Crippen molar-refractivity contribution < 1.29 is 14.7 Å². The molecule has 0 fully saturated rings. The van der Waals surface area contributed by atoms with E-state index in [9.17, 15) is 9.59 Å². The number of nitrogens with zero attached hydrogens (tertiary/aromatic N) is 3. The number of carboxylic acids is 1. The zero-order valence-electron chi connectivity index (χ0n) is 11.4. The second-order valence-corrected chi connectivity index (χ2v) is 4.37. The second-order valence-electron chi connectivity index (χ2n) is 4.37. The molecule has 0 radical (unpaired) electrons. The molecule has 2 amide bonds. The molecule has 8 nitrogen and oxygen atoms in total. The van der Waals surface area contributed by atoms with Crippen molar-refractivity contribution in [3.63, 3.8) is 0 Å². The number of carbonyl (C=O) groups excluding carboxylic acids is 1. The van der Waals surface area contributed by atoms with E-state index in [-0.39, 0.29) is 11.4 Å². The Morgan fingerprint density at radius 3 is 2.90 bits per heavy atom. The monoisotopic (exact) mass is 289 g/mol. The van der Waals surface area contributed by atoms with Crippen molar-refractivity contribution in [2.24, 2.45) is 0 Å². The van der Waals surface area contributed by atoms with Gasteiger partial charge in [-0.3, -0.25) is 4.68 Å². The second kappa shape index (κ2) is 6.51. The number of aromatic nitrogens is 3. The van der Waals surface area contributed by atoms with Gasteiger partial charge in [0.2, 0.25) is 0 Å². The van der Waals surface area contributed by atoms with E-state index in [2.05, 4.69) is 20.7 Å². The van der Waals surface area contributed by atoms with E-state index in [4.69, 9.17) is 5.11 Å². The molecule has 0 bridgehead atoms. The fraction of sp³-hybridized carbons (Fsp3) is 0.231. The maximum absolute atomic E-state index is 11.7. The quantitative estimate of drug-likeness (QED) is 0.763. The molecule has 2 rings (SSSR count). The van der Waals surface area contributed by atoms with E-state index < -0.39 is 12.0 Å². The standard InChI is InChI=1S/C13H15N5O3/c1-9-7-16-18(8-9)6-5-15-13(21)17-10-3-2-4-14-11(10)12(19)20/h2-4,7-8H,5-6H2,1H3,(H,19,20)(H2,15,17,21). The molecule has 0 spiro atoms. The number of urea groups is 1. The zero-order chi connectivity index (χ0) is 15.2. The van der Waals surface area contributed by atoms with Crippen LogP contribution in [0.2, 0.25) is 0 Å². The molecular formula is C13H15N5O3. The third kappa shape index (κ3) is 4.03. The summed E-state index contributed by atoms with van der Waals surface area (Å²) in [6, 6.07) is 2.54. The zero-order valence-corrected chi connectivity index (χ0v) is 11.4. The number of hydrogen-bond donors (Lipinski definition) is 3. The molecule has 2 heterocycles. The molecule has 0 unspecified atom stereocenters. The van der Waals surface area contributed by atoms with Gasteiger partial charge >= 0.3 is 12.0 Å². The summed E-state index contributed by atoms with van der Waals surface area (Å²) >= 11 is 0. The van der Waals surface area contributed by atoms with Crippen LogP contribution in [0.5, 0.6) is 0 Å². The molecule has 0 aliphatic rings. The van der Waals surface area contributed by atoms with Crippen molar-refractivity contribution in [2.45, 2.75) is 13.5 Å². The Morgan fingerprint density at radius 2 is 2.24 bits per heavy atom. The van der Waals surface area contributed by atoms with Gasteiger partial charge in [-0.1, -0.05) is 0 Å². The van der Waals surface area contributed by atoms with Crippen LogP contribution in [0, 0.1) is 6.92 Å². The largest absolute Gasteiger partial charge is 0.476 e. The van der Waals surface area contributed by atoms with Crippen LogP contribution in [0.25, 0.3) is 0 Å². The van der Waals surface area contributed by atoms with Crippen LogP contribution in [0.4, 0.5) is 10.5 Å². The predicted molar refractivity (Wildman–Crippen MR) is 75.2 cm³/mol. The highest BCUT2D eigenvalue weighted by atomic mass is 16.4. The molecule has 110 valence electrons. The van der Waals surface area contributed by atoms with Gasteiger partial charge in [0.25, 0.3) is 0 Å². The van der Waals surface area contributed by atoms with Gasteiger partial charge in [0.15, 0.2) is 5.69 Å². The number of anilines is 1. The summed E-state index contributed by atoms with van der Waals surface area (Å²) in [4.78, 5) is 26.4. The van der Waals surface area contributed by atoms with Crippen LogP contribution >= 0.6 is 0 Å². The number of nitrogens with one attached hydrogen (secondary N) is 2. The van der Waals surface area contributed by atoms with Gasteiger partial charge < -0.3 is 15.7 Å². The first-order chi connectivity index (χ1) is 10.1. The first-order valence-corrected chi connectivity index (χ1v) is 6.28. The molecule has 21 heavy (non-hydrogen) atoms. The van der Waals surface area contributed by atoms with Crippen LogP contribution in [0.3, 0.4) is 0 Å². The van der Waals surface area contributed by atoms with Crippen molar-refractivity contribution in [3.05, 3.63) is 42.0 Å². The molecule has 3 N–H and O–H groups in total. The normalized spacial score (nSPS) is 10.1. The minimum Gasteiger partial charge on any atom is -0.476 e. The first-order valence-electron chi connectivity index (χ1n) is 6.28. The highest BCUT2D eigenvalue weighted by Gasteiger charge is 2.12. The maximum Gasteiger partial charge on any atom is 0.356 e. The Labute approximate surface area is 120 Å². The lowest BCUT2D eigenvalue weighted by atomic mass is 10.3. The van der Waals surface area contributed by atoms with Gasteiger partial charge in [-0.15, -0.1) is 0 Å². The number of rotatable bonds is 5. The molecule has 0 aromatic carbocycles. The molecule has 0 atom stereocenters. The van der Waals surface area contributed by atoms with Crippen molar-refractivity contribution in [2.75, 3.05) is 11.9 Å². The molecule has 0 aliphatic heterocycles. The van der Waals surface area contributed by atoms with E-state index in [1.165, 1.54) is 12.3 Å². The number of aromatic carboxylic acids is 1. The highest BCUT2D eigenvalue weighted by molar-refractivity contribution is 5.98. The Morgan fingerprint density at radius 1 is 1.43 bits per heavy atom. The average Bonchev–Trinajstić information content (AvgIpc) is 2.85. The summed E-state index contributed by atoms with van der Waals surface area (Å²) < 4.78 is 1.71. The van der Waals surface area contributed by atoms with Gasteiger partial charge in [-0.05, 0) is 24.6 Å². The molecular weight excluding hydrogens is 274 g/mol. The number of hydrogen-bond acceptors (Lipinski definition) is 4. The molecule has 0 saturated heterocycles. The summed E-state index contributed by atoms with van der Waals surface area (Å²) in [5.41, 5.74) is 0.994. The maximum atomic E-state index is 11.7. The van der Waals surface area contributed by atoms with E-state index in [0.717, 1.165) is 5.56 Å². The Bertz CT molecular complexity index is 653. The number of pyridine rings is 1. The molecule has 0 saturated carbocycles. The summed E-state index contributed by atoms with van der Waals surface area (Å²) in [5, 5.41) is 18.1. The highest BCUT2D eigenvalue weighted by Crippen LogP contribution is 2.11. The van der Waals surface area contributed by atoms with Gasteiger partial charge in [0, 0.05) is 18.9 Å². The van der Waals surface area contributed by atoms with Gasteiger partial charge in [-0.25, -0.2) is 14.6 Å². The third-order valence-corrected chi connectivity index (χ3v) is 2.65. The number of amides is 2. The Balaban J connectivity index is 1.86. The smallest absolute Gasteiger partial charge is 0.356 e. The van der Waals surface area contributed by atoms with Crippen molar-refractivity contribution in [3.8, 4) is 0 Å². The minimum absolute atomic E-state index is 0.150. The summed E-state index contributed by atoms with van der Waals surface area (Å²) in [6.45, 7) is 2.83. The van der Waals surface area contributed by atoms with E-state index in [1.807, 2.05) is 13.1 Å². The lowest BCUT2D eigenvalue weighted by Crippen LogP contribution is -2.32. The molecule has 2 aromatic rings. The first kappa shape index (κ1) is 14.5. The van der Waals surface area contributed by atoms with E-state index in [1.54, 1.807) is 16.9 Å². The fourth-order valence-corrected chi connectivity index (χ4v) is 1.72. The van der Waals surface area contributed by atoms with Gasteiger partial charge in [0.1, 0.15) is 0 Å². The third-order valence-electron chi connectivity index (χ3n) is 2.65. The van der Waals surface area contributed by atoms with Crippen LogP contribution in [0.1, 0.15) is 16.1 Å². The van der Waals surface area contributed by atoms with Crippen LogP contribution < -0.4 is 10.6 Å². The van der Waals surface area contributed by atoms with Gasteiger partial charge in [-0.2, -0.15) is 5.10 Å². The van der Waals surface area contributed by atoms with Crippen LogP contribution in [0.15, 0.2) is 30.7 Å². The molecule has 2 aromatic heterocycles. The Kier molecular flexibility index (Phi) is 4.50. The molecule has 8 heteroatoms. The predicted octanol–water partition coefficient (Wildman–Crippen LogP) is 1.11. The average molecular weight is 289 g/mol.